The normalized spacial score (nSPS) is 14.9. The molecule has 0 saturated carbocycles. The van der Waals surface area contributed by atoms with E-state index in [0.29, 0.717) is 16.2 Å². The Morgan fingerprint density at radius 2 is 1.77 bits per heavy atom. The number of thiocarbonyl (C=S) groups is 1. The maximum absolute atomic E-state index is 12.8. The van der Waals surface area contributed by atoms with Crippen LogP contribution >= 0.6 is 24.0 Å². The highest BCUT2D eigenvalue weighted by Crippen LogP contribution is 2.32. The van der Waals surface area contributed by atoms with Crippen molar-refractivity contribution in [3.05, 3.63) is 64.6 Å². The van der Waals surface area contributed by atoms with Crippen LogP contribution in [0.15, 0.2) is 53.4 Å². The number of anilines is 1. The standard InChI is InChI=1S/C22H23N3O3S2/c1-4-24(5-2)17-10-6-15(7-11-17)14-19-21(27)25(22(29)30-19)23-20(26)16-8-12-18(28-3)13-9-16/h6-14H,4-5H2,1-3H3,(H,23,26)/b19-14-. The number of nitrogens with zero attached hydrogens (tertiary/aromatic N) is 2. The van der Waals surface area contributed by atoms with Gasteiger partial charge in [0.05, 0.1) is 12.0 Å². The van der Waals surface area contributed by atoms with Crippen LogP contribution in [0.25, 0.3) is 6.08 Å². The van der Waals surface area contributed by atoms with Gasteiger partial charge in [0.1, 0.15) is 5.75 Å². The van der Waals surface area contributed by atoms with E-state index in [9.17, 15) is 9.59 Å². The van der Waals surface area contributed by atoms with Crippen molar-refractivity contribution in [2.24, 2.45) is 0 Å². The molecule has 2 aromatic rings. The van der Waals surface area contributed by atoms with E-state index in [4.69, 9.17) is 17.0 Å². The fourth-order valence-corrected chi connectivity index (χ4v) is 4.17. The van der Waals surface area contributed by atoms with Gasteiger partial charge in [-0.2, -0.15) is 5.01 Å². The first-order valence-electron chi connectivity index (χ1n) is 9.54. The van der Waals surface area contributed by atoms with E-state index in [0.717, 1.165) is 41.1 Å². The van der Waals surface area contributed by atoms with Gasteiger partial charge in [-0.1, -0.05) is 23.9 Å². The Balaban J connectivity index is 1.71. The smallest absolute Gasteiger partial charge is 0.285 e. The van der Waals surface area contributed by atoms with Crippen molar-refractivity contribution in [1.82, 2.24) is 10.4 Å². The van der Waals surface area contributed by atoms with Crippen LogP contribution in [0.5, 0.6) is 5.75 Å². The number of ether oxygens (including phenoxy) is 1. The van der Waals surface area contributed by atoms with Gasteiger partial charge in [-0.05, 0) is 74.1 Å². The average Bonchev–Trinajstić information content (AvgIpc) is 3.03. The molecule has 8 heteroatoms. The molecule has 156 valence electrons. The summed E-state index contributed by atoms with van der Waals surface area (Å²) in [7, 11) is 1.55. The molecule has 1 saturated heterocycles. The SMILES string of the molecule is CCN(CC)c1ccc(/C=C2\SC(=S)N(NC(=O)c3ccc(OC)cc3)C2=O)cc1. The molecule has 0 aromatic heterocycles. The molecule has 1 aliphatic rings. The summed E-state index contributed by atoms with van der Waals surface area (Å²) in [5.74, 6) is -0.120. The zero-order valence-corrected chi connectivity index (χ0v) is 18.7. The van der Waals surface area contributed by atoms with E-state index in [-0.39, 0.29) is 10.2 Å². The Morgan fingerprint density at radius 3 is 2.33 bits per heavy atom. The number of hydrogen-bond donors (Lipinski definition) is 1. The number of amides is 2. The molecule has 1 heterocycles. The number of carbonyl (C=O) groups is 2. The molecule has 2 aromatic carbocycles. The van der Waals surface area contributed by atoms with Crippen LogP contribution in [0.1, 0.15) is 29.8 Å². The van der Waals surface area contributed by atoms with Gasteiger partial charge >= 0.3 is 0 Å². The summed E-state index contributed by atoms with van der Waals surface area (Å²) in [6.45, 7) is 6.09. The Labute approximate surface area is 185 Å². The van der Waals surface area contributed by atoms with Crippen molar-refractivity contribution in [3.63, 3.8) is 0 Å². The average molecular weight is 442 g/mol. The molecule has 1 fully saturated rings. The minimum absolute atomic E-state index is 0.285. The molecule has 0 unspecified atom stereocenters. The van der Waals surface area contributed by atoms with E-state index in [1.54, 1.807) is 37.5 Å². The monoisotopic (exact) mass is 441 g/mol. The third kappa shape index (κ3) is 4.83. The number of methoxy groups -OCH3 is 1. The molecule has 6 nitrogen and oxygen atoms in total. The summed E-state index contributed by atoms with van der Waals surface area (Å²) in [4.78, 5) is 27.9. The fraction of sp³-hybridized carbons (Fsp3) is 0.227. The third-order valence-corrected chi connectivity index (χ3v) is 5.98. The van der Waals surface area contributed by atoms with Gasteiger partial charge in [-0.3, -0.25) is 15.0 Å². The van der Waals surface area contributed by atoms with Crippen molar-refractivity contribution >= 4 is 51.9 Å². The van der Waals surface area contributed by atoms with Crippen molar-refractivity contribution in [3.8, 4) is 5.75 Å². The predicted molar refractivity (Wildman–Crippen MR) is 125 cm³/mol. The van der Waals surface area contributed by atoms with E-state index >= 15 is 0 Å². The number of hydrogen-bond acceptors (Lipinski definition) is 6. The molecule has 30 heavy (non-hydrogen) atoms. The van der Waals surface area contributed by atoms with Gasteiger partial charge in [0.2, 0.25) is 0 Å². The molecular weight excluding hydrogens is 418 g/mol. The van der Waals surface area contributed by atoms with E-state index < -0.39 is 5.91 Å². The van der Waals surface area contributed by atoms with E-state index in [1.165, 1.54) is 0 Å². The zero-order valence-electron chi connectivity index (χ0n) is 17.0. The second kappa shape index (κ2) is 9.77. The Kier molecular flexibility index (Phi) is 7.12. The first kappa shape index (κ1) is 21.9. The molecular formula is C22H23N3O3S2. The second-order valence-corrected chi connectivity index (χ2v) is 8.13. The predicted octanol–water partition coefficient (Wildman–Crippen LogP) is 4.09. The molecule has 1 N–H and O–H groups in total. The number of rotatable bonds is 7. The molecule has 0 bridgehead atoms. The quantitative estimate of drug-likeness (QED) is 0.516. The highest BCUT2D eigenvalue weighted by Gasteiger charge is 2.33. The van der Waals surface area contributed by atoms with Crippen LogP contribution in [-0.2, 0) is 4.79 Å². The van der Waals surface area contributed by atoms with Crippen molar-refractivity contribution in [1.29, 1.82) is 0 Å². The van der Waals surface area contributed by atoms with Crippen LogP contribution in [0.2, 0.25) is 0 Å². The molecule has 0 atom stereocenters. The Hall–Kier alpha value is -2.84. The van der Waals surface area contributed by atoms with Crippen molar-refractivity contribution < 1.29 is 14.3 Å². The molecule has 3 rings (SSSR count). The van der Waals surface area contributed by atoms with E-state index in [1.807, 2.05) is 24.3 Å². The highest BCUT2D eigenvalue weighted by atomic mass is 32.2. The maximum Gasteiger partial charge on any atom is 0.285 e. The summed E-state index contributed by atoms with van der Waals surface area (Å²) in [5, 5.41) is 1.11. The summed E-state index contributed by atoms with van der Waals surface area (Å²) < 4.78 is 5.37. The van der Waals surface area contributed by atoms with Crippen LogP contribution in [-0.4, -0.2) is 41.3 Å². The Morgan fingerprint density at radius 1 is 1.13 bits per heavy atom. The van der Waals surface area contributed by atoms with Crippen molar-refractivity contribution in [2.45, 2.75) is 13.8 Å². The van der Waals surface area contributed by atoms with Gasteiger partial charge in [0, 0.05) is 24.3 Å². The maximum atomic E-state index is 12.8. The lowest BCUT2D eigenvalue weighted by Gasteiger charge is -2.20. The van der Waals surface area contributed by atoms with Crippen LogP contribution in [0.3, 0.4) is 0 Å². The van der Waals surface area contributed by atoms with Gasteiger partial charge in [-0.25, -0.2) is 0 Å². The topological polar surface area (TPSA) is 61.9 Å². The summed E-state index contributed by atoms with van der Waals surface area (Å²) >= 11 is 6.45. The van der Waals surface area contributed by atoms with Gasteiger partial charge in [0.25, 0.3) is 11.8 Å². The number of carbonyl (C=O) groups excluding carboxylic acids is 2. The number of nitrogens with one attached hydrogen (secondary N) is 1. The summed E-state index contributed by atoms with van der Waals surface area (Å²) in [6.07, 6.45) is 1.78. The largest absolute Gasteiger partial charge is 0.497 e. The van der Waals surface area contributed by atoms with Crippen molar-refractivity contribution in [2.75, 3.05) is 25.1 Å². The summed E-state index contributed by atoms with van der Waals surface area (Å²) in [6, 6.07) is 14.6. The highest BCUT2D eigenvalue weighted by molar-refractivity contribution is 8.26. The first-order valence-corrected chi connectivity index (χ1v) is 10.8. The zero-order chi connectivity index (χ0) is 21.7. The molecule has 0 radical (unpaired) electrons. The van der Waals surface area contributed by atoms with E-state index in [2.05, 4.69) is 24.2 Å². The number of benzene rings is 2. The minimum Gasteiger partial charge on any atom is -0.497 e. The van der Waals surface area contributed by atoms with Crippen LogP contribution in [0.4, 0.5) is 5.69 Å². The lowest BCUT2D eigenvalue weighted by molar-refractivity contribution is -0.123. The van der Waals surface area contributed by atoms with Gasteiger partial charge < -0.3 is 9.64 Å². The van der Waals surface area contributed by atoms with Gasteiger partial charge in [0.15, 0.2) is 4.32 Å². The first-order chi connectivity index (χ1) is 14.5. The summed E-state index contributed by atoms with van der Waals surface area (Å²) in [5.41, 5.74) is 5.02. The molecule has 2 amide bonds. The molecule has 0 spiro atoms. The lowest BCUT2D eigenvalue weighted by atomic mass is 10.1. The fourth-order valence-electron chi connectivity index (χ4n) is 2.99. The molecule has 0 aliphatic carbocycles. The third-order valence-electron chi connectivity index (χ3n) is 4.68. The van der Waals surface area contributed by atoms with Crippen LogP contribution < -0.4 is 15.1 Å². The molecule has 1 aliphatic heterocycles. The number of thioether (sulfide) groups is 1. The Bertz CT molecular complexity index is 968. The number of hydrazine groups is 1. The van der Waals surface area contributed by atoms with Gasteiger partial charge in [-0.15, -0.1) is 0 Å². The second-order valence-electron chi connectivity index (χ2n) is 6.45. The van der Waals surface area contributed by atoms with Crippen LogP contribution in [0, 0.1) is 0 Å². The lowest BCUT2D eigenvalue weighted by Crippen LogP contribution is -2.44. The minimum atomic E-state index is -0.418.